The molecular formula is C9H10LiNO4S. The Hall–Kier alpha value is -0.803. The summed E-state index contributed by atoms with van der Waals surface area (Å²) in [4.78, 5) is 3.82. The topological polar surface area (TPSA) is 82.0 Å². The zero-order valence-corrected chi connectivity index (χ0v) is 10.1. The fourth-order valence-electron chi connectivity index (χ4n) is 1.05. The molecule has 1 atom stereocenters. The van der Waals surface area contributed by atoms with Crippen LogP contribution in [0.4, 0.5) is 5.69 Å². The molecule has 1 rings (SSSR count). The minimum atomic E-state index is -2.11. The van der Waals surface area contributed by atoms with E-state index in [2.05, 4.69) is 4.99 Å². The number of ether oxygens (including phenoxy) is 1. The van der Waals surface area contributed by atoms with E-state index < -0.39 is 11.1 Å². The predicted molar refractivity (Wildman–Crippen MR) is 54.8 cm³/mol. The maximum Gasteiger partial charge on any atom is 1.00 e. The Balaban J connectivity index is 0.00000225. The van der Waals surface area contributed by atoms with Gasteiger partial charge in [-0.05, 0) is 25.0 Å². The monoisotopic (exact) mass is 235 g/mol. The molecule has 1 aromatic carbocycles. The van der Waals surface area contributed by atoms with Crippen molar-refractivity contribution in [1.29, 1.82) is 0 Å². The van der Waals surface area contributed by atoms with E-state index in [1.807, 2.05) is 0 Å². The van der Waals surface area contributed by atoms with Gasteiger partial charge < -0.3 is 14.4 Å². The van der Waals surface area contributed by atoms with Gasteiger partial charge in [0.05, 0.1) is 12.8 Å². The first-order chi connectivity index (χ1) is 7.04. The van der Waals surface area contributed by atoms with Gasteiger partial charge in [-0.2, -0.15) is 0 Å². The van der Waals surface area contributed by atoms with Crippen molar-refractivity contribution >= 4 is 22.7 Å². The average molecular weight is 235 g/mol. The molecule has 0 heterocycles. The molecule has 0 radical (unpaired) electrons. The number of nitrogens with zero attached hydrogens (tertiary/aromatic N) is 1. The van der Waals surface area contributed by atoms with Crippen LogP contribution in [0.1, 0.15) is 6.92 Å². The number of hydrogen-bond acceptors (Lipinski definition) is 4. The first-order valence-corrected chi connectivity index (χ1v) is 5.16. The molecule has 0 amide bonds. The van der Waals surface area contributed by atoms with E-state index >= 15 is 0 Å². The second-order valence-corrected chi connectivity index (χ2v) is 3.65. The SMILES string of the molecule is COc1cc(N=C(C)[O-])ccc1S(=O)O.[Li+]. The third-order valence-corrected chi connectivity index (χ3v) is 2.34. The molecule has 0 fully saturated rings. The quantitative estimate of drug-likeness (QED) is 0.276. The minimum absolute atomic E-state index is 0. The van der Waals surface area contributed by atoms with E-state index in [0.29, 0.717) is 5.69 Å². The number of hydrogen-bond donors (Lipinski definition) is 1. The van der Waals surface area contributed by atoms with Gasteiger partial charge in [0.25, 0.3) is 0 Å². The van der Waals surface area contributed by atoms with Crippen LogP contribution >= 0.6 is 0 Å². The summed E-state index contributed by atoms with van der Waals surface area (Å²) in [6.07, 6.45) is 0. The van der Waals surface area contributed by atoms with Crippen molar-refractivity contribution in [1.82, 2.24) is 0 Å². The van der Waals surface area contributed by atoms with Crippen molar-refractivity contribution in [2.24, 2.45) is 4.99 Å². The summed E-state index contributed by atoms with van der Waals surface area (Å²) in [6.45, 7) is 1.32. The molecule has 1 N–H and O–H groups in total. The Bertz CT molecular complexity index is 418. The summed E-state index contributed by atoms with van der Waals surface area (Å²) in [7, 11) is 1.38. The van der Waals surface area contributed by atoms with Crippen molar-refractivity contribution in [2.45, 2.75) is 11.8 Å². The van der Waals surface area contributed by atoms with Crippen LogP contribution in [-0.4, -0.2) is 21.8 Å². The van der Waals surface area contributed by atoms with Gasteiger partial charge in [0, 0.05) is 6.07 Å². The number of rotatable bonds is 3. The van der Waals surface area contributed by atoms with Crippen LogP contribution in [-0.2, 0) is 11.1 Å². The van der Waals surface area contributed by atoms with Crippen molar-refractivity contribution in [2.75, 3.05) is 7.11 Å². The Morgan fingerprint density at radius 1 is 1.56 bits per heavy atom. The second kappa shape index (κ2) is 6.71. The standard InChI is InChI=1S/C9H11NO4S.Li/c1-6(11)10-7-3-4-9(15(12)13)8(5-7)14-2;/h3-5H,1-2H3,(H,10,11)(H,12,13);/q;+1/p-1. The number of methoxy groups -OCH3 is 1. The van der Waals surface area contributed by atoms with Crippen LogP contribution in [0.3, 0.4) is 0 Å². The molecular weight excluding hydrogens is 225 g/mol. The van der Waals surface area contributed by atoms with Crippen molar-refractivity contribution in [3.8, 4) is 5.75 Å². The van der Waals surface area contributed by atoms with Gasteiger partial charge in [-0.15, -0.1) is 0 Å². The molecule has 0 aliphatic carbocycles. The third kappa shape index (κ3) is 3.98. The van der Waals surface area contributed by atoms with Gasteiger partial charge in [0.1, 0.15) is 10.6 Å². The molecule has 0 saturated heterocycles. The Kier molecular flexibility index (Phi) is 6.37. The van der Waals surface area contributed by atoms with Gasteiger partial charge in [-0.1, -0.05) is 0 Å². The van der Waals surface area contributed by atoms with E-state index in [-0.39, 0.29) is 35.4 Å². The molecule has 0 spiro atoms. The van der Waals surface area contributed by atoms with Crippen molar-refractivity contribution in [3.63, 3.8) is 0 Å². The maximum atomic E-state index is 10.8. The van der Waals surface area contributed by atoms with E-state index in [1.165, 1.54) is 32.2 Å². The normalized spacial score (nSPS) is 12.8. The molecule has 0 saturated carbocycles. The van der Waals surface area contributed by atoms with E-state index in [1.54, 1.807) is 0 Å². The number of benzene rings is 1. The van der Waals surface area contributed by atoms with E-state index in [4.69, 9.17) is 9.29 Å². The predicted octanol–water partition coefficient (Wildman–Crippen LogP) is -2.31. The summed E-state index contributed by atoms with van der Waals surface area (Å²) in [5.74, 6) is -0.103. The number of aliphatic imine (C=N–C) groups is 1. The van der Waals surface area contributed by atoms with Gasteiger partial charge >= 0.3 is 18.9 Å². The molecule has 0 aliphatic heterocycles. The molecule has 82 valence electrons. The van der Waals surface area contributed by atoms with E-state index in [9.17, 15) is 9.32 Å². The minimum Gasteiger partial charge on any atom is -0.862 e. The second-order valence-electron chi connectivity index (χ2n) is 2.72. The molecule has 7 heteroatoms. The fourth-order valence-corrected chi connectivity index (χ4v) is 1.55. The first-order valence-electron chi connectivity index (χ1n) is 4.06. The largest absolute Gasteiger partial charge is 1.00 e. The summed E-state index contributed by atoms with van der Waals surface area (Å²) in [6, 6.07) is 4.31. The van der Waals surface area contributed by atoms with Crippen molar-refractivity contribution < 1.29 is 37.5 Å². The average Bonchev–Trinajstić information content (AvgIpc) is 2.16. The van der Waals surface area contributed by atoms with Crippen LogP contribution < -0.4 is 28.7 Å². The van der Waals surface area contributed by atoms with Gasteiger partial charge in [0.2, 0.25) is 0 Å². The fraction of sp³-hybridized carbons (Fsp3) is 0.222. The smallest absolute Gasteiger partial charge is 0.862 e. The summed E-state index contributed by atoms with van der Waals surface area (Å²) in [5.41, 5.74) is 0.397. The summed E-state index contributed by atoms with van der Waals surface area (Å²) >= 11 is -2.11. The molecule has 16 heavy (non-hydrogen) atoms. The van der Waals surface area contributed by atoms with E-state index in [0.717, 1.165) is 0 Å². The zero-order chi connectivity index (χ0) is 11.4. The maximum absolute atomic E-state index is 10.8. The van der Waals surface area contributed by atoms with Crippen molar-refractivity contribution in [3.05, 3.63) is 18.2 Å². The van der Waals surface area contributed by atoms with Gasteiger partial charge in [0.15, 0.2) is 11.1 Å². The third-order valence-electron chi connectivity index (χ3n) is 1.62. The Morgan fingerprint density at radius 3 is 2.62 bits per heavy atom. The Labute approximate surface area is 108 Å². The van der Waals surface area contributed by atoms with Crippen LogP contribution in [0.15, 0.2) is 28.1 Å². The summed E-state index contributed by atoms with van der Waals surface area (Å²) in [5, 5.41) is 10.7. The molecule has 1 aromatic rings. The molecule has 0 aromatic heterocycles. The first kappa shape index (κ1) is 15.2. The molecule has 5 nitrogen and oxygen atoms in total. The Morgan fingerprint density at radius 2 is 2.19 bits per heavy atom. The summed E-state index contributed by atoms with van der Waals surface area (Å²) < 4.78 is 24.7. The van der Waals surface area contributed by atoms with Crippen LogP contribution in [0, 0.1) is 0 Å². The van der Waals surface area contributed by atoms with Crippen LogP contribution in [0.5, 0.6) is 5.75 Å². The van der Waals surface area contributed by atoms with Gasteiger partial charge in [-0.25, -0.2) is 4.21 Å². The van der Waals surface area contributed by atoms with Crippen LogP contribution in [0.2, 0.25) is 0 Å². The molecule has 0 bridgehead atoms. The van der Waals surface area contributed by atoms with Gasteiger partial charge in [-0.3, -0.25) is 4.99 Å². The molecule has 0 aliphatic rings. The zero-order valence-electron chi connectivity index (χ0n) is 9.26. The molecule has 1 unspecified atom stereocenters. The van der Waals surface area contributed by atoms with Crippen LogP contribution in [0.25, 0.3) is 0 Å².